The molecule has 0 bridgehead atoms. The van der Waals surface area contributed by atoms with E-state index in [9.17, 15) is 10.1 Å². The van der Waals surface area contributed by atoms with Crippen molar-refractivity contribution in [3.8, 4) is 0 Å². The Morgan fingerprint density at radius 1 is 1.67 bits per heavy atom. The van der Waals surface area contributed by atoms with Crippen molar-refractivity contribution in [2.45, 2.75) is 31.4 Å². The van der Waals surface area contributed by atoms with E-state index in [1.54, 1.807) is 18.7 Å². The van der Waals surface area contributed by atoms with Gasteiger partial charge < -0.3 is 5.32 Å². The Hall–Kier alpha value is -1.24. The number of hydrogen-bond donors (Lipinski definition) is 1. The molecule has 7 heteroatoms. The summed E-state index contributed by atoms with van der Waals surface area (Å²) >= 11 is 1.93. The van der Waals surface area contributed by atoms with E-state index >= 15 is 0 Å². The van der Waals surface area contributed by atoms with Crippen LogP contribution in [0.15, 0.2) is 0 Å². The first-order chi connectivity index (χ1) is 8.43. The second kappa shape index (κ2) is 4.79. The van der Waals surface area contributed by atoms with Crippen molar-refractivity contribution in [1.82, 2.24) is 9.78 Å². The van der Waals surface area contributed by atoms with Gasteiger partial charge in [-0.15, -0.1) is 0 Å². The van der Waals surface area contributed by atoms with Crippen LogP contribution < -0.4 is 5.32 Å². The van der Waals surface area contributed by atoms with E-state index < -0.39 is 0 Å². The van der Waals surface area contributed by atoms with Crippen LogP contribution in [0.5, 0.6) is 0 Å². The van der Waals surface area contributed by atoms with Gasteiger partial charge >= 0.3 is 5.69 Å². The number of nitrogens with zero attached hydrogens (tertiary/aromatic N) is 3. The van der Waals surface area contributed by atoms with Crippen LogP contribution in [0.25, 0.3) is 0 Å². The lowest BCUT2D eigenvalue weighted by atomic mass is 10.1. The van der Waals surface area contributed by atoms with Crippen LogP contribution in [0.4, 0.5) is 11.5 Å². The molecule has 100 valence electrons. The van der Waals surface area contributed by atoms with Crippen molar-refractivity contribution < 1.29 is 4.92 Å². The molecule has 2 heterocycles. The lowest BCUT2D eigenvalue weighted by molar-refractivity contribution is -0.384. The number of aryl methyl sites for hydroxylation is 2. The minimum absolute atomic E-state index is 0.0871. The molecule has 1 atom stereocenters. The van der Waals surface area contributed by atoms with Gasteiger partial charge in [-0.05, 0) is 32.4 Å². The van der Waals surface area contributed by atoms with E-state index in [1.807, 2.05) is 11.8 Å². The zero-order chi connectivity index (χ0) is 13.3. The van der Waals surface area contributed by atoms with Gasteiger partial charge in [-0.2, -0.15) is 16.9 Å². The van der Waals surface area contributed by atoms with Gasteiger partial charge in [0.25, 0.3) is 0 Å². The van der Waals surface area contributed by atoms with Gasteiger partial charge in [0.05, 0.1) is 4.92 Å². The maximum absolute atomic E-state index is 11.0. The molecule has 0 aromatic carbocycles. The highest BCUT2D eigenvalue weighted by molar-refractivity contribution is 8.00. The van der Waals surface area contributed by atoms with Crippen molar-refractivity contribution in [2.24, 2.45) is 7.05 Å². The topological polar surface area (TPSA) is 73.0 Å². The maximum Gasteiger partial charge on any atom is 0.333 e. The van der Waals surface area contributed by atoms with Crippen LogP contribution in [0, 0.1) is 17.0 Å². The molecule has 1 aromatic heterocycles. The number of nitrogens with one attached hydrogen (secondary N) is 1. The van der Waals surface area contributed by atoms with Crippen LogP contribution in [-0.2, 0) is 7.05 Å². The Bertz CT molecular complexity index is 466. The van der Waals surface area contributed by atoms with E-state index in [0.29, 0.717) is 11.5 Å². The predicted octanol–water partition coefficient (Wildman–Crippen LogP) is 2.33. The van der Waals surface area contributed by atoms with Crippen molar-refractivity contribution in [3.05, 3.63) is 15.8 Å². The molecule has 0 saturated carbocycles. The average Bonchev–Trinajstić information content (AvgIpc) is 2.81. The number of aromatic nitrogens is 2. The zero-order valence-corrected chi connectivity index (χ0v) is 11.7. The zero-order valence-electron chi connectivity index (χ0n) is 10.9. The summed E-state index contributed by atoms with van der Waals surface area (Å²) in [6.45, 7) is 4.60. The molecule has 1 aliphatic rings. The van der Waals surface area contributed by atoms with Gasteiger partial charge in [-0.1, -0.05) is 0 Å². The van der Waals surface area contributed by atoms with E-state index in [4.69, 9.17) is 0 Å². The Labute approximate surface area is 110 Å². The smallest absolute Gasteiger partial charge is 0.333 e. The summed E-state index contributed by atoms with van der Waals surface area (Å²) in [5.41, 5.74) is 0.540. The monoisotopic (exact) mass is 270 g/mol. The Kier molecular flexibility index (Phi) is 3.52. The number of nitro groups is 1. The highest BCUT2D eigenvalue weighted by Crippen LogP contribution is 2.38. The second-order valence-electron chi connectivity index (χ2n) is 4.92. The highest BCUT2D eigenvalue weighted by atomic mass is 32.2. The van der Waals surface area contributed by atoms with Gasteiger partial charge in [0, 0.05) is 18.3 Å². The molecule has 2 rings (SSSR count). The molecule has 0 radical (unpaired) electrons. The summed E-state index contributed by atoms with van der Waals surface area (Å²) in [6.07, 6.45) is 2.37. The molecule has 1 aliphatic heterocycles. The third-order valence-electron chi connectivity index (χ3n) is 3.30. The molecule has 1 N–H and O–H groups in total. The summed E-state index contributed by atoms with van der Waals surface area (Å²) in [7, 11) is 1.73. The number of thioether (sulfide) groups is 1. The molecule has 1 aromatic rings. The lowest BCUT2D eigenvalue weighted by Crippen LogP contribution is -2.28. The van der Waals surface area contributed by atoms with Crippen molar-refractivity contribution in [2.75, 3.05) is 17.6 Å². The van der Waals surface area contributed by atoms with Gasteiger partial charge in [0.1, 0.15) is 5.69 Å². The van der Waals surface area contributed by atoms with E-state index in [0.717, 1.165) is 13.0 Å². The van der Waals surface area contributed by atoms with Gasteiger partial charge in [0.2, 0.25) is 5.82 Å². The number of hydrogen-bond acceptors (Lipinski definition) is 5. The minimum atomic E-state index is -0.366. The maximum atomic E-state index is 11.0. The SMILES string of the molecule is Cc1nn(C)c(NCC2(C)CCCS2)c1[N+](=O)[O-]. The molecular formula is C11H18N4O2S. The summed E-state index contributed by atoms with van der Waals surface area (Å²) in [5.74, 6) is 1.68. The van der Waals surface area contributed by atoms with Gasteiger partial charge in [-0.25, -0.2) is 4.68 Å². The average molecular weight is 270 g/mol. The lowest BCUT2D eigenvalue weighted by Gasteiger charge is -2.23. The van der Waals surface area contributed by atoms with Crippen LogP contribution in [-0.4, -0.2) is 31.7 Å². The fraction of sp³-hybridized carbons (Fsp3) is 0.727. The first-order valence-corrected chi connectivity index (χ1v) is 6.97. The fourth-order valence-electron chi connectivity index (χ4n) is 2.31. The molecule has 1 unspecified atom stereocenters. The van der Waals surface area contributed by atoms with Gasteiger partial charge in [-0.3, -0.25) is 10.1 Å². The number of anilines is 1. The molecule has 0 spiro atoms. The van der Waals surface area contributed by atoms with Crippen LogP contribution in [0.1, 0.15) is 25.5 Å². The first-order valence-electron chi connectivity index (χ1n) is 5.99. The molecule has 1 fully saturated rings. The van der Waals surface area contributed by atoms with Crippen molar-refractivity contribution >= 4 is 23.3 Å². The highest BCUT2D eigenvalue weighted by Gasteiger charge is 2.31. The molecule has 0 amide bonds. The molecule has 6 nitrogen and oxygen atoms in total. The third-order valence-corrected chi connectivity index (χ3v) is 4.84. The largest absolute Gasteiger partial charge is 0.363 e. The molecule has 0 aliphatic carbocycles. The minimum Gasteiger partial charge on any atom is -0.363 e. The van der Waals surface area contributed by atoms with Crippen LogP contribution >= 0.6 is 11.8 Å². The first kappa shape index (κ1) is 13.2. The van der Waals surface area contributed by atoms with E-state index in [-0.39, 0.29) is 15.4 Å². The fourth-order valence-corrected chi connectivity index (χ4v) is 3.56. The summed E-state index contributed by atoms with van der Waals surface area (Å²) in [4.78, 5) is 10.7. The Balaban J connectivity index is 2.16. The van der Waals surface area contributed by atoms with Crippen molar-refractivity contribution in [3.63, 3.8) is 0 Å². The molecular weight excluding hydrogens is 252 g/mol. The van der Waals surface area contributed by atoms with Crippen LogP contribution in [0.2, 0.25) is 0 Å². The summed E-state index contributed by atoms with van der Waals surface area (Å²) in [5, 5.41) is 18.3. The van der Waals surface area contributed by atoms with Crippen LogP contribution in [0.3, 0.4) is 0 Å². The van der Waals surface area contributed by atoms with E-state index in [1.165, 1.54) is 12.2 Å². The van der Waals surface area contributed by atoms with Gasteiger partial charge in [0.15, 0.2) is 0 Å². The van der Waals surface area contributed by atoms with E-state index in [2.05, 4.69) is 17.3 Å². The molecule has 18 heavy (non-hydrogen) atoms. The summed E-state index contributed by atoms with van der Waals surface area (Å²) in [6, 6.07) is 0. The Morgan fingerprint density at radius 2 is 2.39 bits per heavy atom. The quantitative estimate of drug-likeness (QED) is 0.671. The third kappa shape index (κ3) is 2.45. The number of rotatable bonds is 4. The standard InChI is InChI=1S/C11H18N4O2S/c1-8-9(15(16)17)10(14(3)13-8)12-7-11(2)5-4-6-18-11/h12H,4-7H2,1-3H3. The normalized spacial score (nSPS) is 23.3. The Morgan fingerprint density at radius 3 is 2.94 bits per heavy atom. The molecule has 1 saturated heterocycles. The second-order valence-corrected chi connectivity index (χ2v) is 6.60. The van der Waals surface area contributed by atoms with Crippen molar-refractivity contribution in [1.29, 1.82) is 0 Å². The summed E-state index contributed by atoms with van der Waals surface area (Å²) < 4.78 is 1.72. The predicted molar refractivity (Wildman–Crippen MR) is 73.2 cm³/mol.